The molecule has 0 aliphatic rings. The molecular formula is C39H49N7O8. The van der Waals surface area contributed by atoms with E-state index in [4.69, 9.17) is 29.7 Å². The van der Waals surface area contributed by atoms with Crippen LogP contribution in [0.2, 0.25) is 0 Å². The zero-order valence-corrected chi connectivity index (χ0v) is 31.3. The maximum atomic E-state index is 13.9. The third kappa shape index (κ3) is 12.3. The SMILES string of the molecule is CCCCCCOC(=O)/N=C(/N)c1ccc(NCc2nc3cc(C(=O)N(CCC(=O)OC(C)OC(=O)OCCCC)c4ccccn4)ccc3n2C)cc1. The van der Waals surface area contributed by atoms with Crippen LogP contribution in [-0.4, -0.2) is 70.5 Å². The van der Waals surface area contributed by atoms with Gasteiger partial charge >= 0.3 is 18.2 Å². The van der Waals surface area contributed by atoms with E-state index in [0.717, 1.165) is 49.1 Å². The van der Waals surface area contributed by atoms with Crippen molar-refractivity contribution >= 4 is 52.5 Å². The van der Waals surface area contributed by atoms with Crippen molar-refractivity contribution in [3.05, 3.63) is 83.8 Å². The molecule has 0 aliphatic carbocycles. The van der Waals surface area contributed by atoms with Crippen LogP contribution < -0.4 is 16.0 Å². The molecule has 54 heavy (non-hydrogen) atoms. The molecule has 0 fully saturated rings. The minimum Gasteiger partial charge on any atom is -0.448 e. The molecule has 0 saturated heterocycles. The van der Waals surface area contributed by atoms with Gasteiger partial charge in [0.1, 0.15) is 17.5 Å². The van der Waals surface area contributed by atoms with Gasteiger partial charge in [-0.2, -0.15) is 4.99 Å². The zero-order chi connectivity index (χ0) is 38.9. The Morgan fingerprint density at radius 3 is 2.37 bits per heavy atom. The number of carbonyl (C=O) groups excluding carboxylic acids is 4. The second-order valence-corrected chi connectivity index (χ2v) is 12.4. The van der Waals surface area contributed by atoms with Crippen LogP contribution in [0.5, 0.6) is 0 Å². The summed E-state index contributed by atoms with van der Waals surface area (Å²) in [5, 5.41) is 3.34. The average molecular weight is 744 g/mol. The fraction of sp³-hybridized carbons (Fsp3) is 0.410. The summed E-state index contributed by atoms with van der Waals surface area (Å²) in [6.07, 6.45) is 4.10. The third-order valence-corrected chi connectivity index (χ3v) is 8.27. The highest BCUT2D eigenvalue weighted by Gasteiger charge is 2.23. The van der Waals surface area contributed by atoms with E-state index in [-0.39, 0.29) is 31.3 Å². The number of nitrogens with two attached hydrogens (primary N) is 1. The van der Waals surface area contributed by atoms with Gasteiger partial charge in [-0.25, -0.2) is 19.6 Å². The number of esters is 1. The van der Waals surface area contributed by atoms with Crippen molar-refractivity contribution < 1.29 is 38.1 Å². The van der Waals surface area contributed by atoms with E-state index >= 15 is 0 Å². The number of nitrogens with one attached hydrogen (secondary N) is 1. The molecule has 4 rings (SSSR count). The lowest BCUT2D eigenvalue weighted by molar-refractivity contribution is -0.167. The molecular weight excluding hydrogens is 694 g/mol. The Morgan fingerprint density at radius 2 is 1.65 bits per heavy atom. The van der Waals surface area contributed by atoms with Crippen LogP contribution in [0, 0.1) is 0 Å². The van der Waals surface area contributed by atoms with Crippen molar-refractivity contribution in [1.82, 2.24) is 14.5 Å². The van der Waals surface area contributed by atoms with E-state index < -0.39 is 24.5 Å². The predicted molar refractivity (Wildman–Crippen MR) is 204 cm³/mol. The van der Waals surface area contributed by atoms with Crippen LogP contribution in [0.1, 0.15) is 87.5 Å². The standard InChI is InChI=1S/C39H49N7O8/c1-5-7-9-12-24-51-38(49)44-36(40)28-14-17-30(18-15-28)42-26-34-43-31-25-29(16-19-32(31)45(34)4)37(48)46(33-13-10-11-21-41-33)22-20-35(47)53-27(3)54-39(50)52-23-8-6-2/h10-11,13-19,21,25,27,42H,5-9,12,20,22-24,26H2,1-4H3,(H2,40,44,49). The Kier molecular flexibility index (Phi) is 15.8. The van der Waals surface area contributed by atoms with Gasteiger partial charge < -0.3 is 34.6 Å². The minimum atomic E-state index is -1.17. The lowest BCUT2D eigenvalue weighted by Gasteiger charge is -2.22. The Labute approximate surface area is 314 Å². The smallest absolute Gasteiger partial charge is 0.448 e. The Morgan fingerprint density at radius 1 is 0.907 bits per heavy atom. The number of nitrogens with zero attached hydrogens (tertiary/aromatic N) is 5. The quantitative estimate of drug-likeness (QED) is 0.0253. The van der Waals surface area contributed by atoms with Gasteiger partial charge in [-0.15, -0.1) is 0 Å². The number of amidine groups is 1. The lowest BCUT2D eigenvalue weighted by Crippen LogP contribution is -2.34. The van der Waals surface area contributed by atoms with E-state index in [9.17, 15) is 19.2 Å². The number of fused-ring (bicyclic) bond motifs is 1. The average Bonchev–Trinajstić information content (AvgIpc) is 3.48. The first kappa shape index (κ1) is 40.8. The molecule has 2 aromatic carbocycles. The van der Waals surface area contributed by atoms with Crippen molar-refractivity contribution in [1.29, 1.82) is 0 Å². The predicted octanol–water partition coefficient (Wildman–Crippen LogP) is 6.88. The molecule has 1 unspecified atom stereocenters. The maximum Gasteiger partial charge on any atom is 0.511 e. The molecule has 0 radical (unpaired) electrons. The summed E-state index contributed by atoms with van der Waals surface area (Å²) in [6, 6.07) is 17.5. The number of amides is 2. The van der Waals surface area contributed by atoms with Gasteiger partial charge in [0.25, 0.3) is 5.91 Å². The molecule has 4 aromatic rings. The van der Waals surface area contributed by atoms with Gasteiger partial charge in [-0.1, -0.05) is 45.6 Å². The van der Waals surface area contributed by atoms with Crippen LogP contribution in [0.4, 0.5) is 21.1 Å². The largest absolute Gasteiger partial charge is 0.511 e. The number of anilines is 2. The van der Waals surface area contributed by atoms with E-state index in [0.29, 0.717) is 42.0 Å². The first-order chi connectivity index (χ1) is 26.1. The summed E-state index contributed by atoms with van der Waals surface area (Å²) in [5.41, 5.74) is 9.19. The van der Waals surface area contributed by atoms with Crippen LogP contribution >= 0.6 is 0 Å². The molecule has 2 amide bonds. The van der Waals surface area contributed by atoms with Gasteiger partial charge in [-0.3, -0.25) is 14.5 Å². The van der Waals surface area contributed by atoms with Crippen molar-refractivity contribution in [3.8, 4) is 0 Å². The Bertz CT molecular complexity index is 1880. The van der Waals surface area contributed by atoms with E-state index in [1.807, 2.05) is 36.7 Å². The molecule has 2 aromatic heterocycles. The summed E-state index contributed by atoms with van der Waals surface area (Å²) < 4.78 is 22.2. The van der Waals surface area contributed by atoms with Gasteiger partial charge in [0, 0.05) is 43.5 Å². The second-order valence-electron chi connectivity index (χ2n) is 12.4. The van der Waals surface area contributed by atoms with Gasteiger partial charge in [0.05, 0.1) is 37.2 Å². The van der Waals surface area contributed by atoms with Gasteiger partial charge in [0.15, 0.2) is 0 Å². The van der Waals surface area contributed by atoms with Crippen LogP contribution in [0.25, 0.3) is 11.0 Å². The molecule has 3 N–H and O–H groups in total. The second kappa shape index (κ2) is 20.9. The number of pyridine rings is 1. The van der Waals surface area contributed by atoms with Crippen molar-refractivity contribution in [3.63, 3.8) is 0 Å². The highest BCUT2D eigenvalue weighted by Crippen LogP contribution is 2.22. The van der Waals surface area contributed by atoms with E-state index in [1.54, 1.807) is 48.7 Å². The molecule has 2 heterocycles. The minimum absolute atomic E-state index is 0.0444. The number of carbonyl (C=O) groups is 4. The topological polar surface area (TPSA) is 190 Å². The number of hydrogen-bond acceptors (Lipinski definition) is 11. The molecule has 15 heteroatoms. The molecule has 288 valence electrons. The normalized spacial score (nSPS) is 11.8. The number of aromatic nitrogens is 3. The van der Waals surface area contributed by atoms with Gasteiger partial charge in [-0.05, 0) is 67.4 Å². The van der Waals surface area contributed by atoms with Crippen molar-refractivity contribution in [2.45, 2.75) is 78.6 Å². The summed E-state index contributed by atoms with van der Waals surface area (Å²) >= 11 is 0. The van der Waals surface area contributed by atoms with Gasteiger partial charge in [0.2, 0.25) is 6.29 Å². The van der Waals surface area contributed by atoms with Crippen molar-refractivity contribution in [2.24, 2.45) is 17.8 Å². The summed E-state index contributed by atoms with van der Waals surface area (Å²) in [4.78, 5) is 64.7. The summed E-state index contributed by atoms with van der Waals surface area (Å²) in [6.45, 7) is 6.35. The van der Waals surface area contributed by atoms with Crippen LogP contribution in [0.15, 0.2) is 71.9 Å². The number of imidazole rings is 1. The lowest BCUT2D eigenvalue weighted by atomic mass is 10.1. The number of aliphatic imine (C=N–C) groups is 1. The van der Waals surface area contributed by atoms with Crippen molar-refractivity contribution in [2.75, 3.05) is 30.0 Å². The first-order valence-electron chi connectivity index (χ1n) is 18.2. The fourth-order valence-electron chi connectivity index (χ4n) is 5.29. The number of benzene rings is 2. The molecule has 1 atom stereocenters. The van der Waals surface area contributed by atoms with E-state index in [2.05, 4.69) is 22.2 Å². The number of rotatable bonds is 19. The highest BCUT2D eigenvalue weighted by atomic mass is 16.8. The summed E-state index contributed by atoms with van der Waals surface area (Å²) in [5.74, 6) is 0.0801. The monoisotopic (exact) mass is 743 g/mol. The molecule has 0 aliphatic heterocycles. The van der Waals surface area contributed by atoms with E-state index in [1.165, 1.54) is 11.8 Å². The highest BCUT2D eigenvalue weighted by molar-refractivity contribution is 6.07. The summed E-state index contributed by atoms with van der Waals surface area (Å²) in [7, 11) is 1.89. The first-order valence-corrected chi connectivity index (χ1v) is 18.2. The number of unbranched alkanes of at least 4 members (excludes halogenated alkanes) is 4. The van der Waals surface area contributed by atoms with Crippen LogP contribution in [0.3, 0.4) is 0 Å². The molecule has 0 spiro atoms. The molecule has 0 bridgehead atoms. The zero-order valence-electron chi connectivity index (χ0n) is 31.3. The molecule has 0 saturated carbocycles. The Hall–Kier alpha value is -5.99. The number of hydrogen-bond donors (Lipinski definition) is 2. The fourth-order valence-corrected chi connectivity index (χ4v) is 5.29. The molecule has 15 nitrogen and oxygen atoms in total. The maximum absolute atomic E-state index is 13.9. The Balaban J connectivity index is 1.37. The number of aryl methyl sites for hydroxylation is 1. The number of ether oxygens (including phenoxy) is 4. The van der Waals surface area contributed by atoms with Crippen LogP contribution in [-0.2, 0) is 37.3 Å². The third-order valence-electron chi connectivity index (χ3n) is 8.27.